The van der Waals surface area contributed by atoms with Crippen LogP contribution in [0.5, 0.6) is 0 Å². The Morgan fingerprint density at radius 3 is 2.43 bits per heavy atom. The van der Waals surface area contributed by atoms with E-state index >= 15 is 0 Å². The molecule has 1 saturated heterocycles. The monoisotopic (exact) mass is 301 g/mol. The van der Waals surface area contributed by atoms with Crippen molar-refractivity contribution in [3.05, 3.63) is 0 Å². The van der Waals surface area contributed by atoms with Gasteiger partial charge in [0.2, 0.25) is 5.91 Å². The van der Waals surface area contributed by atoms with Crippen LogP contribution in [0.15, 0.2) is 0 Å². The third-order valence-electron chi connectivity index (χ3n) is 3.38. The molecule has 0 aromatic carbocycles. The molecule has 1 fully saturated rings. The summed E-state index contributed by atoms with van der Waals surface area (Å²) in [5, 5.41) is 8.54. The van der Waals surface area contributed by atoms with E-state index in [0.29, 0.717) is 32.5 Å². The van der Waals surface area contributed by atoms with Crippen LogP contribution in [0, 0.1) is 0 Å². The molecule has 0 unspecified atom stereocenters. The summed E-state index contributed by atoms with van der Waals surface area (Å²) in [6, 6.07) is -0.194. The maximum absolute atomic E-state index is 12.2. The van der Waals surface area contributed by atoms with E-state index < -0.39 is 11.9 Å². The normalized spacial score (nSPS) is 15.8. The number of primary amides is 1. The number of rotatable bonds is 7. The van der Waals surface area contributed by atoms with Crippen LogP contribution in [0.25, 0.3) is 0 Å². The standard InChI is InChI=1S/C13H23N3O5/c1-2-15(9-11(14)17)13(20)16-6-3-10(4-7-16)21-8-5-12(18)19/h10H,2-9H2,1H3,(H2,14,17)(H,18,19). The molecule has 0 bridgehead atoms. The van der Waals surface area contributed by atoms with Crippen LogP contribution in [-0.4, -0.2) is 71.7 Å². The molecule has 0 saturated carbocycles. The third kappa shape index (κ3) is 5.99. The number of nitrogens with zero attached hydrogens (tertiary/aromatic N) is 2. The van der Waals surface area contributed by atoms with Crippen molar-refractivity contribution in [1.29, 1.82) is 0 Å². The molecule has 0 radical (unpaired) electrons. The van der Waals surface area contributed by atoms with Crippen LogP contribution in [0.4, 0.5) is 4.79 Å². The zero-order valence-corrected chi connectivity index (χ0v) is 12.3. The lowest BCUT2D eigenvalue weighted by molar-refractivity contribution is -0.138. The van der Waals surface area contributed by atoms with E-state index in [4.69, 9.17) is 15.6 Å². The molecule has 0 atom stereocenters. The van der Waals surface area contributed by atoms with Crippen LogP contribution in [0.3, 0.4) is 0 Å². The minimum atomic E-state index is -0.882. The van der Waals surface area contributed by atoms with Crippen molar-refractivity contribution >= 4 is 17.9 Å². The molecule has 8 heteroatoms. The Kier molecular flexibility index (Phi) is 6.93. The number of carboxylic acid groups (broad SMARTS) is 1. The molecular formula is C13H23N3O5. The zero-order chi connectivity index (χ0) is 15.8. The van der Waals surface area contributed by atoms with Gasteiger partial charge in [-0.1, -0.05) is 0 Å². The van der Waals surface area contributed by atoms with Crippen molar-refractivity contribution < 1.29 is 24.2 Å². The number of aliphatic carboxylic acids is 1. The number of likely N-dealkylation sites (tertiary alicyclic amines) is 1. The topological polar surface area (TPSA) is 113 Å². The smallest absolute Gasteiger partial charge is 0.320 e. The van der Waals surface area contributed by atoms with E-state index in [-0.39, 0.29) is 31.7 Å². The van der Waals surface area contributed by atoms with Gasteiger partial charge in [0.15, 0.2) is 0 Å². The summed E-state index contributed by atoms with van der Waals surface area (Å²) in [5.74, 6) is -1.41. The summed E-state index contributed by atoms with van der Waals surface area (Å²) < 4.78 is 5.47. The Hall–Kier alpha value is -1.83. The van der Waals surface area contributed by atoms with Crippen molar-refractivity contribution in [3.8, 4) is 0 Å². The van der Waals surface area contributed by atoms with Crippen LogP contribution in [0.2, 0.25) is 0 Å². The van der Waals surface area contributed by atoms with Gasteiger partial charge in [-0.05, 0) is 19.8 Å². The number of likely N-dealkylation sites (N-methyl/N-ethyl adjacent to an activating group) is 1. The lowest BCUT2D eigenvalue weighted by Crippen LogP contribution is -2.49. The number of ether oxygens (including phenoxy) is 1. The van der Waals surface area contributed by atoms with Crippen molar-refractivity contribution in [1.82, 2.24) is 9.80 Å². The second-order valence-electron chi connectivity index (χ2n) is 4.96. The van der Waals surface area contributed by atoms with Gasteiger partial charge in [0.05, 0.1) is 19.1 Å². The number of carbonyl (C=O) groups is 3. The second kappa shape index (κ2) is 8.46. The van der Waals surface area contributed by atoms with E-state index in [1.165, 1.54) is 4.90 Å². The molecule has 1 rings (SSSR count). The summed E-state index contributed by atoms with van der Waals surface area (Å²) in [6.07, 6.45) is 1.31. The van der Waals surface area contributed by atoms with E-state index in [0.717, 1.165) is 0 Å². The van der Waals surface area contributed by atoms with Gasteiger partial charge in [-0.15, -0.1) is 0 Å². The maximum atomic E-state index is 12.2. The predicted octanol–water partition coefficient (Wildman–Crippen LogP) is -0.131. The quantitative estimate of drug-likeness (QED) is 0.680. The molecule has 0 aromatic rings. The zero-order valence-electron chi connectivity index (χ0n) is 12.3. The summed E-state index contributed by atoms with van der Waals surface area (Å²) in [6.45, 7) is 3.40. The summed E-state index contributed by atoms with van der Waals surface area (Å²) >= 11 is 0. The van der Waals surface area contributed by atoms with Gasteiger partial charge in [0, 0.05) is 19.6 Å². The van der Waals surface area contributed by atoms with E-state index in [1.54, 1.807) is 11.8 Å². The van der Waals surface area contributed by atoms with Gasteiger partial charge in [-0.2, -0.15) is 0 Å². The highest BCUT2D eigenvalue weighted by Crippen LogP contribution is 2.15. The fourth-order valence-corrected chi connectivity index (χ4v) is 2.23. The van der Waals surface area contributed by atoms with Gasteiger partial charge in [0.25, 0.3) is 0 Å². The highest BCUT2D eigenvalue weighted by atomic mass is 16.5. The van der Waals surface area contributed by atoms with Gasteiger partial charge in [0.1, 0.15) is 6.54 Å². The average molecular weight is 301 g/mol. The van der Waals surface area contributed by atoms with Crippen molar-refractivity contribution in [3.63, 3.8) is 0 Å². The molecule has 3 amide bonds. The highest BCUT2D eigenvalue weighted by Gasteiger charge is 2.26. The molecule has 8 nitrogen and oxygen atoms in total. The first-order valence-corrected chi connectivity index (χ1v) is 7.09. The number of hydrogen-bond acceptors (Lipinski definition) is 4. The molecule has 0 aliphatic carbocycles. The van der Waals surface area contributed by atoms with Crippen molar-refractivity contribution in [2.75, 3.05) is 32.8 Å². The number of carboxylic acids is 1. The average Bonchev–Trinajstić information content (AvgIpc) is 2.44. The molecule has 3 N–H and O–H groups in total. The molecule has 0 spiro atoms. The van der Waals surface area contributed by atoms with Gasteiger partial charge in [-0.3, -0.25) is 9.59 Å². The molecule has 21 heavy (non-hydrogen) atoms. The van der Waals surface area contributed by atoms with Crippen LogP contribution < -0.4 is 5.73 Å². The van der Waals surface area contributed by atoms with Crippen LogP contribution in [0.1, 0.15) is 26.2 Å². The number of hydrogen-bond donors (Lipinski definition) is 2. The lowest BCUT2D eigenvalue weighted by Gasteiger charge is -2.35. The first-order valence-electron chi connectivity index (χ1n) is 7.09. The summed E-state index contributed by atoms with van der Waals surface area (Å²) in [4.78, 5) is 36.6. The minimum Gasteiger partial charge on any atom is -0.481 e. The van der Waals surface area contributed by atoms with Gasteiger partial charge < -0.3 is 25.4 Å². The largest absolute Gasteiger partial charge is 0.481 e. The first kappa shape index (κ1) is 17.2. The number of piperidine rings is 1. The Morgan fingerprint density at radius 1 is 1.33 bits per heavy atom. The third-order valence-corrected chi connectivity index (χ3v) is 3.38. The molecule has 1 aliphatic rings. The fourth-order valence-electron chi connectivity index (χ4n) is 2.23. The second-order valence-corrected chi connectivity index (χ2v) is 4.96. The SMILES string of the molecule is CCN(CC(N)=O)C(=O)N1CCC(OCCC(=O)O)CC1. The Bertz CT molecular complexity index is 380. The number of carbonyl (C=O) groups excluding carboxylic acids is 2. The van der Waals surface area contributed by atoms with Gasteiger partial charge in [-0.25, -0.2) is 4.79 Å². The van der Waals surface area contributed by atoms with E-state index in [1.807, 2.05) is 0 Å². The Morgan fingerprint density at radius 2 is 1.95 bits per heavy atom. The van der Waals surface area contributed by atoms with Crippen LogP contribution >= 0.6 is 0 Å². The minimum absolute atomic E-state index is 0.0125. The molecule has 1 aliphatic heterocycles. The fraction of sp³-hybridized carbons (Fsp3) is 0.769. The summed E-state index contributed by atoms with van der Waals surface area (Å²) in [7, 11) is 0. The molecule has 0 aromatic heterocycles. The number of nitrogens with two attached hydrogens (primary N) is 1. The molecule has 120 valence electrons. The van der Waals surface area contributed by atoms with E-state index in [9.17, 15) is 14.4 Å². The van der Waals surface area contributed by atoms with Crippen LogP contribution in [-0.2, 0) is 14.3 Å². The maximum Gasteiger partial charge on any atom is 0.320 e. The predicted molar refractivity (Wildman–Crippen MR) is 74.6 cm³/mol. The number of amides is 3. The summed E-state index contributed by atoms with van der Waals surface area (Å²) in [5.41, 5.74) is 5.12. The molecular weight excluding hydrogens is 278 g/mol. The first-order chi connectivity index (χ1) is 9.93. The Labute approximate surface area is 123 Å². The van der Waals surface area contributed by atoms with Gasteiger partial charge >= 0.3 is 12.0 Å². The molecule has 1 heterocycles. The lowest BCUT2D eigenvalue weighted by atomic mass is 10.1. The highest BCUT2D eigenvalue weighted by molar-refractivity contribution is 5.83. The van der Waals surface area contributed by atoms with Crippen molar-refractivity contribution in [2.45, 2.75) is 32.3 Å². The Balaban J connectivity index is 2.35. The van der Waals surface area contributed by atoms with E-state index in [2.05, 4.69) is 0 Å². The van der Waals surface area contributed by atoms with Crippen molar-refractivity contribution in [2.24, 2.45) is 5.73 Å². The number of urea groups is 1.